The molecule has 0 saturated carbocycles. The molecule has 116 valence electrons. The highest BCUT2D eigenvalue weighted by Gasteiger charge is 2.22. The highest BCUT2D eigenvalue weighted by molar-refractivity contribution is 7.99. The summed E-state index contributed by atoms with van der Waals surface area (Å²) in [6.45, 7) is 4.57. The summed E-state index contributed by atoms with van der Waals surface area (Å²) in [6, 6.07) is 8.12. The van der Waals surface area contributed by atoms with E-state index in [4.69, 9.17) is 10.5 Å². The Hall–Kier alpha value is -1.20. The smallest absolute Gasteiger partial charge is 0.236 e. The minimum absolute atomic E-state index is 0.0659. The number of hydrogen-bond donors (Lipinski definition) is 1. The van der Waals surface area contributed by atoms with Gasteiger partial charge >= 0.3 is 0 Å². The number of thioether (sulfide) groups is 1. The van der Waals surface area contributed by atoms with Crippen LogP contribution >= 0.6 is 11.8 Å². The second-order valence-corrected chi connectivity index (χ2v) is 6.75. The van der Waals surface area contributed by atoms with Crippen molar-refractivity contribution in [2.75, 3.05) is 32.0 Å². The fraction of sp³-hybridized carbons (Fsp3) is 0.562. The van der Waals surface area contributed by atoms with Gasteiger partial charge in [-0.1, -0.05) is 17.7 Å². The van der Waals surface area contributed by atoms with E-state index in [2.05, 4.69) is 19.1 Å². The number of piperidine rings is 1. The summed E-state index contributed by atoms with van der Waals surface area (Å²) in [5.41, 5.74) is 6.67. The molecule has 2 N–H and O–H groups in total. The molecule has 1 saturated heterocycles. The van der Waals surface area contributed by atoms with E-state index < -0.39 is 0 Å². The van der Waals surface area contributed by atoms with Crippen molar-refractivity contribution >= 4 is 17.7 Å². The van der Waals surface area contributed by atoms with Crippen LogP contribution < -0.4 is 10.5 Å². The van der Waals surface area contributed by atoms with Crippen LogP contribution in [-0.4, -0.2) is 48.1 Å². The lowest BCUT2D eigenvalue weighted by Crippen LogP contribution is -2.44. The summed E-state index contributed by atoms with van der Waals surface area (Å²) in [7, 11) is 0. The zero-order chi connectivity index (χ0) is 15.1. The molecule has 0 aliphatic carbocycles. The van der Waals surface area contributed by atoms with E-state index in [0.29, 0.717) is 11.9 Å². The van der Waals surface area contributed by atoms with Gasteiger partial charge in [-0.3, -0.25) is 4.79 Å². The summed E-state index contributed by atoms with van der Waals surface area (Å²) in [6.07, 6.45) is 2.24. The number of carbonyl (C=O) groups is 1. The number of rotatable bonds is 6. The van der Waals surface area contributed by atoms with Gasteiger partial charge in [0.15, 0.2) is 0 Å². The molecular weight excluding hydrogens is 284 g/mol. The van der Waals surface area contributed by atoms with Gasteiger partial charge in [-0.05, 0) is 31.9 Å². The first-order valence-corrected chi connectivity index (χ1v) is 8.53. The topological polar surface area (TPSA) is 55.6 Å². The second kappa shape index (κ2) is 8.29. The number of ether oxygens (including phenoxy) is 1. The Balaban J connectivity index is 1.66. The van der Waals surface area contributed by atoms with Crippen LogP contribution in [0.3, 0.4) is 0 Å². The molecule has 0 bridgehead atoms. The molecule has 0 radical (unpaired) electrons. The molecule has 4 nitrogen and oxygen atoms in total. The molecule has 0 spiro atoms. The first kappa shape index (κ1) is 16.2. The minimum atomic E-state index is 0.0659. The molecule has 1 aromatic carbocycles. The van der Waals surface area contributed by atoms with Crippen LogP contribution in [0.15, 0.2) is 24.3 Å². The third-order valence-corrected chi connectivity index (χ3v) is 4.89. The quantitative estimate of drug-likeness (QED) is 0.817. The van der Waals surface area contributed by atoms with E-state index in [0.717, 1.165) is 31.0 Å². The Kier molecular flexibility index (Phi) is 6.39. The number of aryl methyl sites for hydroxylation is 1. The van der Waals surface area contributed by atoms with Crippen LogP contribution in [-0.2, 0) is 4.79 Å². The predicted octanol–water partition coefficient (Wildman–Crippen LogP) is 2.06. The Morgan fingerprint density at radius 3 is 2.90 bits per heavy atom. The summed E-state index contributed by atoms with van der Waals surface area (Å²) in [4.78, 5) is 13.5. The van der Waals surface area contributed by atoms with Gasteiger partial charge < -0.3 is 15.4 Å². The number of nitrogens with zero attached hydrogens (tertiary/aromatic N) is 1. The molecule has 0 aromatic heterocycles. The zero-order valence-corrected chi connectivity index (χ0v) is 13.4. The number of hydrogen-bond acceptors (Lipinski definition) is 4. The molecule has 1 aliphatic heterocycles. The Morgan fingerprint density at radius 2 is 2.19 bits per heavy atom. The normalized spacial score (nSPS) is 18.6. The minimum Gasteiger partial charge on any atom is -0.493 e. The first-order valence-electron chi connectivity index (χ1n) is 7.48. The van der Waals surface area contributed by atoms with Crippen molar-refractivity contribution in [2.45, 2.75) is 25.0 Å². The number of amides is 1. The molecular formula is C16H24N2O2S. The monoisotopic (exact) mass is 308 g/mol. The zero-order valence-electron chi connectivity index (χ0n) is 12.6. The first-order chi connectivity index (χ1) is 10.2. The van der Waals surface area contributed by atoms with Gasteiger partial charge in [0.05, 0.1) is 13.2 Å². The maximum Gasteiger partial charge on any atom is 0.236 e. The van der Waals surface area contributed by atoms with Crippen LogP contribution in [0.1, 0.15) is 18.4 Å². The SMILES string of the molecule is Cc1ccc(OCCSC2CCCN(C(=O)CN)C2)cc1. The van der Waals surface area contributed by atoms with Crippen molar-refractivity contribution in [3.63, 3.8) is 0 Å². The number of nitrogens with two attached hydrogens (primary N) is 1. The number of likely N-dealkylation sites (tertiary alicyclic amines) is 1. The fourth-order valence-electron chi connectivity index (χ4n) is 2.44. The second-order valence-electron chi connectivity index (χ2n) is 5.34. The molecule has 1 unspecified atom stereocenters. The molecule has 1 atom stereocenters. The molecule has 1 amide bonds. The van der Waals surface area contributed by atoms with Crippen molar-refractivity contribution in [1.82, 2.24) is 4.90 Å². The lowest BCUT2D eigenvalue weighted by Gasteiger charge is -2.32. The van der Waals surface area contributed by atoms with Gasteiger partial charge in [-0.15, -0.1) is 0 Å². The maximum atomic E-state index is 11.6. The summed E-state index contributed by atoms with van der Waals surface area (Å²) < 4.78 is 5.73. The van der Waals surface area contributed by atoms with Crippen molar-refractivity contribution in [3.05, 3.63) is 29.8 Å². The number of benzene rings is 1. The van der Waals surface area contributed by atoms with Crippen molar-refractivity contribution in [2.24, 2.45) is 5.73 Å². The van der Waals surface area contributed by atoms with Gasteiger partial charge in [0, 0.05) is 24.1 Å². The Labute approximate surface area is 131 Å². The third-order valence-electron chi connectivity index (χ3n) is 3.63. The van der Waals surface area contributed by atoms with Crippen molar-refractivity contribution < 1.29 is 9.53 Å². The highest BCUT2D eigenvalue weighted by Crippen LogP contribution is 2.22. The predicted molar refractivity (Wildman–Crippen MR) is 87.8 cm³/mol. The number of carbonyl (C=O) groups excluding carboxylic acids is 1. The van der Waals surface area contributed by atoms with E-state index in [1.165, 1.54) is 12.0 Å². The van der Waals surface area contributed by atoms with Gasteiger partial charge in [-0.2, -0.15) is 11.8 Å². The largest absolute Gasteiger partial charge is 0.493 e. The molecule has 5 heteroatoms. The Bertz CT molecular complexity index is 450. The highest BCUT2D eigenvalue weighted by atomic mass is 32.2. The molecule has 21 heavy (non-hydrogen) atoms. The van der Waals surface area contributed by atoms with Crippen LogP contribution in [0.2, 0.25) is 0 Å². The fourth-order valence-corrected chi connectivity index (χ4v) is 3.57. The average Bonchev–Trinajstić information content (AvgIpc) is 2.53. The molecule has 2 rings (SSSR count). The summed E-state index contributed by atoms with van der Waals surface area (Å²) in [5.74, 6) is 1.93. The summed E-state index contributed by atoms with van der Waals surface area (Å²) in [5, 5.41) is 0.510. The van der Waals surface area contributed by atoms with Gasteiger partial charge in [-0.25, -0.2) is 0 Å². The van der Waals surface area contributed by atoms with Crippen molar-refractivity contribution in [3.8, 4) is 5.75 Å². The van der Waals surface area contributed by atoms with Gasteiger partial charge in [0.25, 0.3) is 0 Å². The van der Waals surface area contributed by atoms with Crippen LogP contribution in [0.5, 0.6) is 5.75 Å². The van der Waals surface area contributed by atoms with Gasteiger partial charge in [0.1, 0.15) is 5.75 Å². The Morgan fingerprint density at radius 1 is 1.43 bits per heavy atom. The third kappa shape index (κ3) is 5.25. The van der Waals surface area contributed by atoms with E-state index in [1.807, 2.05) is 28.8 Å². The molecule has 1 aliphatic rings. The van der Waals surface area contributed by atoms with E-state index in [1.54, 1.807) is 0 Å². The van der Waals surface area contributed by atoms with Crippen LogP contribution in [0, 0.1) is 6.92 Å². The molecule has 1 fully saturated rings. The standard InChI is InChI=1S/C16H24N2O2S/c1-13-4-6-14(7-5-13)20-9-10-21-15-3-2-8-18(12-15)16(19)11-17/h4-7,15H,2-3,8-12,17H2,1H3. The lowest BCUT2D eigenvalue weighted by molar-refractivity contribution is -0.130. The van der Waals surface area contributed by atoms with E-state index >= 15 is 0 Å². The van der Waals surface area contributed by atoms with E-state index in [-0.39, 0.29) is 12.5 Å². The van der Waals surface area contributed by atoms with Gasteiger partial charge in [0.2, 0.25) is 5.91 Å². The van der Waals surface area contributed by atoms with E-state index in [9.17, 15) is 4.79 Å². The van der Waals surface area contributed by atoms with Crippen molar-refractivity contribution in [1.29, 1.82) is 0 Å². The maximum absolute atomic E-state index is 11.6. The summed E-state index contributed by atoms with van der Waals surface area (Å²) >= 11 is 1.89. The van der Waals surface area contributed by atoms with Crippen LogP contribution in [0.4, 0.5) is 0 Å². The van der Waals surface area contributed by atoms with Crippen LogP contribution in [0.25, 0.3) is 0 Å². The molecule has 1 heterocycles. The lowest BCUT2D eigenvalue weighted by atomic mass is 10.1. The average molecular weight is 308 g/mol. The molecule has 1 aromatic rings.